The summed E-state index contributed by atoms with van der Waals surface area (Å²) in [5.41, 5.74) is 0.574. The molecular formula is C10H13BrN2OS. The van der Waals surface area contributed by atoms with Crippen molar-refractivity contribution < 1.29 is 4.79 Å². The minimum Gasteiger partial charge on any atom is -0.349 e. The summed E-state index contributed by atoms with van der Waals surface area (Å²) in [5, 5.41) is 2.91. The highest BCUT2D eigenvalue weighted by molar-refractivity contribution is 9.10. The van der Waals surface area contributed by atoms with Crippen LogP contribution >= 0.6 is 27.7 Å². The SMILES string of the molecule is CSCC(C)NC(=O)c1cccnc1Br. The third kappa shape index (κ3) is 3.83. The van der Waals surface area contributed by atoms with Crippen molar-refractivity contribution in [1.82, 2.24) is 10.3 Å². The van der Waals surface area contributed by atoms with Crippen LogP contribution in [0.4, 0.5) is 0 Å². The summed E-state index contributed by atoms with van der Waals surface area (Å²) < 4.78 is 0.582. The van der Waals surface area contributed by atoms with Crippen LogP contribution in [0.1, 0.15) is 17.3 Å². The Morgan fingerprint density at radius 3 is 3.07 bits per heavy atom. The number of halogens is 1. The van der Waals surface area contributed by atoms with E-state index in [1.165, 1.54) is 0 Å². The Kier molecular flexibility index (Phi) is 5.11. The quantitative estimate of drug-likeness (QED) is 0.865. The molecule has 1 amide bonds. The maximum Gasteiger partial charge on any atom is 0.254 e. The summed E-state index contributed by atoms with van der Waals surface area (Å²) in [6.45, 7) is 1.98. The molecule has 82 valence electrons. The lowest BCUT2D eigenvalue weighted by Gasteiger charge is -2.12. The first-order chi connectivity index (χ1) is 7.15. The predicted octanol–water partition coefficient (Wildman–Crippen LogP) is 2.33. The number of rotatable bonds is 4. The molecule has 0 aromatic carbocycles. The zero-order chi connectivity index (χ0) is 11.3. The molecule has 3 nitrogen and oxygen atoms in total. The minimum atomic E-state index is -0.0866. The first-order valence-electron chi connectivity index (χ1n) is 4.55. The molecule has 1 rings (SSSR count). The molecule has 0 saturated heterocycles. The van der Waals surface area contributed by atoms with Crippen LogP contribution in [0.15, 0.2) is 22.9 Å². The van der Waals surface area contributed by atoms with Crippen LogP contribution in [-0.2, 0) is 0 Å². The minimum absolute atomic E-state index is 0.0866. The number of hydrogen-bond acceptors (Lipinski definition) is 3. The van der Waals surface area contributed by atoms with E-state index in [9.17, 15) is 4.79 Å². The van der Waals surface area contributed by atoms with Crippen molar-refractivity contribution in [2.24, 2.45) is 0 Å². The van der Waals surface area contributed by atoms with Gasteiger partial charge >= 0.3 is 0 Å². The Balaban J connectivity index is 2.65. The second kappa shape index (κ2) is 6.12. The van der Waals surface area contributed by atoms with Gasteiger partial charge in [0.25, 0.3) is 5.91 Å². The maximum atomic E-state index is 11.8. The van der Waals surface area contributed by atoms with Gasteiger partial charge in [0.15, 0.2) is 0 Å². The van der Waals surface area contributed by atoms with E-state index in [1.54, 1.807) is 30.1 Å². The Bertz CT molecular complexity index is 346. The molecule has 0 bridgehead atoms. The second-order valence-corrected chi connectivity index (χ2v) is 4.83. The first-order valence-corrected chi connectivity index (χ1v) is 6.74. The zero-order valence-corrected chi connectivity index (χ0v) is 11.1. The summed E-state index contributed by atoms with van der Waals surface area (Å²) >= 11 is 4.96. The number of pyridine rings is 1. The van der Waals surface area contributed by atoms with E-state index in [1.807, 2.05) is 13.2 Å². The highest BCUT2D eigenvalue weighted by atomic mass is 79.9. The van der Waals surface area contributed by atoms with Crippen molar-refractivity contribution in [1.29, 1.82) is 0 Å². The monoisotopic (exact) mass is 288 g/mol. The standard InChI is InChI=1S/C10H13BrN2OS/c1-7(6-15-2)13-10(14)8-4-3-5-12-9(8)11/h3-5,7H,6H2,1-2H3,(H,13,14). The van der Waals surface area contributed by atoms with Gasteiger partial charge < -0.3 is 5.32 Å². The number of carbonyl (C=O) groups is 1. The van der Waals surface area contributed by atoms with E-state index >= 15 is 0 Å². The summed E-state index contributed by atoms with van der Waals surface area (Å²) in [5.74, 6) is 0.820. The zero-order valence-electron chi connectivity index (χ0n) is 8.66. The lowest BCUT2D eigenvalue weighted by molar-refractivity contribution is 0.0942. The molecular weight excluding hydrogens is 276 g/mol. The normalized spacial score (nSPS) is 12.2. The molecule has 1 unspecified atom stereocenters. The number of hydrogen-bond donors (Lipinski definition) is 1. The van der Waals surface area contributed by atoms with Crippen molar-refractivity contribution >= 4 is 33.6 Å². The van der Waals surface area contributed by atoms with Crippen LogP contribution in [0.5, 0.6) is 0 Å². The molecule has 0 saturated carbocycles. The van der Waals surface area contributed by atoms with Crippen LogP contribution in [0.2, 0.25) is 0 Å². The van der Waals surface area contributed by atoms with E-state index in [0.29, 0.717) is 10.2 Å². The van der Waals surface area contributed by atoms with E-state index in [2.05, 4.69) is 26.2 Å². The molecule has 1 aromatic heterocycles. The van der Waals surface area contributed by atoms with Crippen molar-refractivity contribution in [2.75, 3.05) is 12.0 Å². The Hall–Kier alpha value is -0.550. The van der Waals surface area contributed by atoms with Crippen LogP contribution < -0.4 is 5.32 Å². The lowest BCUT2D eigenvalue weighted by atomic mass is 10.2. The molecule has 1 aromatic rings. The molecule has 15 heavy (non-hydrogen) atoms. The van der Waals surface area contributed by atoms with Crippen LogP contribution in [0, 0.1) is 0 Å². The number of amides is 1. The van der Waals surface area contributed by atoms with Gasteiger partial charge in [-0.05, 0) is 41.2 Å². The fourth-order valence-electron chi connectivity index (χ4n) is 1.15. The van der Waals surface area contributed by atoms with Gasteiger partial charge in [0.1, 0.15) is 4.60 Å². The van der Waals surface area contributed by atoms with Crippen molar-refractivity contribution in [3.63, 3.8) is 0 Å². The topological polar surface area (TPSA) is 42.0 Å². The van der Waals surface area contributed by atoms with Crippen molar-refractivity contribution in [3.05, 3.63) is 28.5 Å². The number of carbonyl (C=O) groups excluding carboxylic acids is 1. The molecule has 1 heterocycles. The molecule has 0 aliphatic heterocycles. The average Bonchev–Trinajstić information content (AvgIpc) is 2.18. The van der Waals surface area contributed by atoms with Gasteiger partial charge in [-0.3, -0.25) is 4.79 Å². The molecule has 5 heteroatoms. The fourth-order valence-corrected chi connectivity index (χ4v) is 2.16. The Morgan fingerprint density at radius 2 is 2.47 bits per heavy atom. The largest absolute Gasteiger partial charge is 0.349 e. The summed E-state index contributed by atoms with van der Waals surface area (Å²) in [7, 11) is 0. The van der Waals surface area contributed by atoms with Gasteiger partial charge in [0, 0.05) is 18.0 Å². The lowest BCUT2D eigenvalue weighted by Crippen LogP contribution is -2.34. The van der Waals surface area contributed by atoms with Gasteiger partial charge in [0.05, 0.1) is 5.56 Å². The second-order valence-electron chi connectivity index (χ2n) is 3.17. The number of aromatic nitrogens is 1. The van der Waals surface area contributed by atoms with E-state index in [4.69, 9.17) is 0 Å². The number of nitrogens with zero attached hydrogens (tertiary/aromatic N) is 1. The molecule has 0 aliphatic carbocycles. The Labute approximate surface area is 102 Å². The molecule has 0 aliphatic rings. The van der Waals surface area contributed by atoms with Gasteiger partial charge in [-0.1, -0.05) is 0 Å². The molecule has 0 radical (unpaired) electrons. The third-order valence-electron chi connectivity index (χ3n) is 1.80. The van der Waals surface area contributed by atoms with Gasteiger partial charge in [0.2, 0.25) is 0 Å². The first kappa shape index (κ1) is 12.5. The van der Waals surface area contributed by atoms with Crippen LogP contribution in [0.25, 0.3) is 0 Å². The van der Waals surface area contributed by atoms with E-state index < -0.39 is 0 Å². The Morgan fingerprint density at radius 1 is 1.73 bits per heavy atom. The molecule has 0 fully saturated rings. The summed E-state index contributed by atoms with van der Waals surface area (Å²) in [6, 6.07) is 3.66. The molecule has 1 atom stereocenters. The highest BCUT2D eigenvalue weighted by Gasteiger charge is 2.12. The number of nitrogens with one attached hydrogen (secondary N) is 1. The summed E-state index contributed by atoms with van der Waals surface area (Å²) in [4.78, 5) is 15.8. The van der Waals surface area contributed by atoms with Crippen molar-refractivity contribution in [3.8, 4) is 0 Å². The van der Waals surface area contributed by atoms with Crippen LogP contribution in [0.3, 0.4) is 0 Å². The average molecular weight is 289 g/mol. The van der Waals surface area contributed by atoms with E-state index in [0.717, 1.165) is 5.75 Å². The van der Waals surface area contributed by atoms with E-state index in [-0.39, 0.29) is 11.9 Å². The third-order valence-corrected chi connectivity index (χ3v) is 3.26. The highest BCUT2D eigenvalue weighted by Crippen LogP contribution is 2.12. The summed E-state index contributed by atoms with van der Waals surface area (Å²) in [6.07, 6.45) is 3.66. The van der Waals surface area contributed by atoms with Crippen molar-refractivity contribution in [2.45, 2.75) is 13.0 Å². The van der Waals surface area contributed by atoms with Gasteiger partial charge in [-0.2, -0.15) is 11.8 Å². The predicted molar refractivity (Wildman–Crippen MR) is 67.2 cm³/mol. The molecule has 0 spiro atoms. The fraction of sp³-hybridized carbons (Fsp3) is 0.400. The number of thioether (sulfide) groups is 1. The van der Waals surface area contributed by atoms with Crippen LogP contribution in [-0.4, -0.2) is 28.9 Å². The van der Waals surface area contributed by atoms with Gasteiger partial charge in [-0.15, -0.1) is 0 Å². The smallest absolute Gasteiger partial charge is 0.254 e. The van der Waals surface area contributed by atoms with Gasteiger partial charge in [-0.25, -0.2) is 4.98 Å². The maximum absolute atomic E-state index is 11.8. The molecule has 1 N–H and O–H groups in total.